The van der Waals surface area contributed by atoms with Crippen LogP contribution in [0.3, 0.4) is 0 Å². The standard InChI is InChI=1S/C16H13N5O/c1-21-8-9(7-20-21)14-11-2-3-13-10(4-5-19-13)15(11)22-16(18)12(14)6-17/h2-5,7-8,14,19H,18H2,1H3/t14-/m1/s1. The van der Waals surface area contributed by atoms with Gasteiger partial charge in [-0.25, -0.2) is 0 Å². The van der Waals surface area contributed by atoms with Gasteiger partial charge in [-0.05, 0) is 12.1 Å². The monoisotopic (exact) mass is 291 g/mol. The Labute approximate surface area is 126 Å². The second-order valence-electron chi connectivity index (χ2n) is 5.29. The third kappa shape index (κ3) is 1.63. The molecule has 2 aromatic heterocycles. The van der Waals surface area contributed by atoms with E-state index in [0.717, 1.165) is 22.0 Å². The summed E-state index contributed by atoms with van der Waals surface area (Å²) in [7, 11) is 1.85. The van der Waals surface area contributed by atoms with E-state index in [0.29, 0.717) is 11.3 Å². The van der Waals surface area contributed by atoms with E-state index in [1.54, 1.807) is 10.9 Å². The molecule has 4 rings (SSSR count). The van der Waals surface area contributed by atoms with E-state index in [1.165, 1.54) is 0 Å². The lowest BCUT2D eigenvalue weighted by atomic mass is 9.84. The predicted molar refractivity (Wildman–Crippen MR) is 80.8 cm³/mol. The third-order valence-electron chi connectivity index (χ3n) is 3.97. The minimum Gasteiger partial charge on any atom is -0.439 e. The minimum absolute atomic E-state index is 0.151. The Bertz CT molecular complexity index is 956. The molecule has 0 unspecified atom stereocenters. The van der Waals surface area contributed by atoms with Gasteiger partial charge in [0.1, 0.15) is 17.4 Å². The maximum absolute atomic E-state index is 9.50. The van der Waals surface area contributed by atoms with Crippen LogP contribution in [0.1, 0.15) is 17.0 Å². The van der Waals surface area contributed by atoms with Crippen molar-refractivity contribution in [2.75, 3.05) is 0 Å². The first-order chi connectivity index (χ1) is 10.7. The Morgan fingerprint density at radius 1 is 1.41 bits per heavy atom. The number of nitriles is 1. The van der Waals surface area contributed by atoms with E-state index in [4.69, 9.17) is 10.5 Å². The summed E-state index contributed by atoms with van der Waals surface area (Å²) in [5.74, 6) is 0.586. The van der Waals surface area contributed by atoms with Crippen molar-refractivity contribution in [3.8, 4) is 11.8 Å². The second kappa shape index (κ2) is 4.40. The normalized spacial score (nSPS) is 17.2. The molecule has 0 saturated heterocycles. The fraction of sp³-hybridized carbons (Fsp3) is 0.125. The van der Waals surface area contributed by atoms with Crippen LogP contribution in [0.2, 0.25) is 0 Å². The van der Waals surface area contributed by atoms with Crippen molar-refractivity contribution in [2.45, 2.75) is 5.92 Å². The molecule has 0 amide bonds. The van der Waals surface area contributed by atoms with Crippen LogP contribution in [0.4, 0.5) is 0 Å². The number of aromatic nitrogens is 3. The molecule has 6 nitrogen and oxygen atoms in total. The van der Waals surface area contributed by atoms with E-state index in [-0.39, 0.29) is 11.8 Å². The Hall–Kier alpha value is -3.20. The highest BCUT2D eigenvalue weighted by Crippen LogP contribution is 2.44. The zero-order valence-corrected chi connectivity index (χ0v) is 11.9. The summed E-state index contributed by atoms with van der Waals surface area (Å²) < 4.78 is 7.47. The van der Waals surface area contributed by atoms with Crippen LogP contribution < -0.4 is 10.5 Å². The van der Waals surface area contributed by atoms with E-state index < -0.39 is 0 Å². The van der Waals surface area contributed by atoms with Crippen molar-refractivity contribution in [1.29, 1.82) is 5.26 Å². The molecule has 1 aromatic carbocycles. The summed E-state index contributed by atoms with van der Waals surface area (Å²) in [6.45, 7) is 0. The summed E-state index contributed by atoms with van der Waals surface area (Å²) in [5, 5.41) is 14.7. The lowest BCUT2D eigenvalue weighted by molar-refractivity contribution is 0.398. The molecule has 6 heteroatoms. The number of hydrogen-bond donors (Lipinski definition) is 2. The van der Waals surface area contributed by atoms with Gasteiger partial charge in [-0.3, -0.25) is 4.68 Å². The highest BCUT2D eigenvalue weighted by molar-refractivity contribution is 5.88. The number of H-pyrrole nitrogens is 1. The first-order valence-corrected chi connectivity index (χ1v) is 6.85. The number of benzene rings is 1. The SMILES string of the molecule is Cn1cc([C@H]2C(C#N)=C(N)Oc3c2ccc2[nH]ccc32)cn1. The Kier molecular flexibility index (Phi) is 2.51. The molecule has 1 aliphatic heterocycles. The minimum atomic E-state index is -0.262. The summed E-state index contributed by atoms with van der Waals surface area (Å²) in [4.78, 5) is 3.15. The topological polar surface area (TPSA) is 92.6 Å². The van der Waals surface area contributed by atoms with Gasteiger partial charge in [0.05, 0.1) is 12.1 Å². The van der Waals surface area contributed by atoms with Crippen molar-refractivity contribution in [3.05, 3.63) is 59.4 Å². The van der Waals surface area contributed by atoms with E-state index >= 15 is 0 Å². The molecular formula is C16H13N5O. The van der Waals surface area contributed by atoms with Gasteiger partial charge in [-0.1, -0.05) is 6.07 Å². The number of hydrogen-bond acceptors (Lipinski definition) is 4. The number of aryl methyl sites for hydroxylation is 1. The molecule has 1 atom stereocenters. The Balaban J connectivity index is 2.02. The highest BCUT2D eigenvalue weighted by Gasteiger charge is 2.32. The van der Waals surface area contributed by atoms with Crippen LogP contribution in [0.5, 0.6) is 5.75 Å². The van der Waals surface area contributed by atoms with Crippen molar-refractivity contribution < 1.29 is 4.74 Å². The molecule has 0 fully saturated rings. The van der Waals surface area contributed by atoms with Crippen LogP contribution >= 0.6 is 0 Å². The number of ether oxygens (including phenoxy) is 1. The molecule has 0 spiro atoms. The maximum Gasteiger partial charge on any atom is 0.205 e. The van der Waals surface area contributed by atoms with Crippen LogP contribution in [0.25, 0.3) is 10.9 Å². The third-order valence-corrected chi connectivity index (χ3v) is 3.97. The van der Waals surface area contributed by atoms with Gasteiger partial charge in [0, 0.05) is 41.5 Å². The summed E-state index contributed by atoms with van der Waals surface area (Å²) >= 11 is 0. The van der Waals surface area contributed by atoms with Crippen molar-refractivity contribution in [3.63, 3.8) is 0 Å². The molecule has 1 aliphatic rings. The van der Waals surface area contributed by atoms with E-state index in [1.807, 2.05) is 37.6 Å². The lowest BCUT2D eigenvalue weighted by Crippen LogP contribution is -2.21. The zero-order valence-electron chi connectivity index (χ0n) is 11.9. The van der Waals surface area contributed by atoms with Gasteiger partial charge in [0.2, 0.25) is 5.88 Å². The fourth-order valence-corrected chi connectivity index (χ4v) is 2.98. The lowest BCUT2D eigenvalue weighted by Gasteiger charge is -2.25. The molecule has 0 bridgehead atoms. The summed E-state index contributed by atoms with van der Waals surface area (Å²) in [5.41, 5.74) is 9.22. The zero-order chi connectivity index (χ0) is 15.3. The molecule has 22 heavy (non-hydrogen) atoms. The van der Waals surface area contributed by atoms with Crippen molar-refractivity contribution in [1.82, 2.24) is 14.8 Å². The Morgan fingerprint density at radius 2 is 2.27 bits per heavy atom. The molecule has 0 radical (unpaired) electrons. The quantitative estimate of drug-likeness (QED) is 0.718. The van der Waals surface area contributed by atoms with Crippen molar-refractivity contribution >= 4 is 10.9 Å². The van der Waals surface area contributed by atoms with Gasteiger partial charge in [0.15, 0.2) is 0 Å². The molecular weight excluding hydrogens is 278 g/mol. The number of nitrogens with one attached hydrogen (secondary N) is 1. The number of allylic oxidation sites excluding steroid dienone is 1. The van der Waals surface area contributed by atoms with Gasteiger partial charge < -0.3 is 15.5 Å². The smallest absolute Gasteiger partial charge is 0.205 e. The summed E-state index contributed by atoms with van der Waals surface area (Å²) in [6.07, 6.45) is 5.50. The van der Waals surface area contributed by atoms with Crippen molar-refractivity contribution in [2.24, 2.45) is 12.8 Å². The molecule has 108 valence electrons. The second-order valence-corrected chi connectivity index (χ2v) is 5.29. The average molecular weight is 291 g/mol. The first kappa shape index (κ1) is 12.5. The van der Waals surface area contributed by atoms with Crippen LogP contribution in [-0.2, 0) is 7.05 Å². The van der Waals surface area contributed by atoms with Gasteiger partial charge in [-0.15, -0.1) is 0 Å². The fourth-order valence-electron chi connectivity index (χ4n) is 2.98. The molecule has 3 heterocycles. The van der Waals surface area contributed by atoms with Gasteiger partial charge >= 0.3 is 0 Å². The first-order valence-electron chi connectivity index (χ1n) is 6.85. The number of aromatic amines is 1. The molecule has 3 N–H and O–H groups in total. The van der Waals surface area contributed by atoms with Gasteiger partial charge in [0.25, 0.3) is 0 Å². The number of nitrogens with zero attached hydrogens (tertiary/aromatic N) is 3. The van der Waals surface area contributed by atoms with Crippen LogP contribution in [0.15, 0.2) is 48.2 Å². The predicted octanol–water partition coefficient (Wildman–Crippen LogP) is 2.12. The largest absolute Gasteiger partial charge is 0.439 e. The van der Waals surface area contributed by atoms with Gasteiger partial charge in [-0.2, -0.15) is 10.4 Å². The van der Waals surface area contributed by atoms with Crippen LogP contribution in [0, 0.1) is 11.3 Å². The Morgan fingerprint density at radius 3 is 3.00 bits per heavy atom. The summed E-state index contributed by atoms with van der Waals surface area (Å²) in [6, 6.07) is 8.07. The van der Waals surface area contributed by atoms with E-state index in [2.05, 4.69) is 16.2 Å². The molecule has 0 aliphatic carbocycles. The molecule has 0 saturated carbocycles. The maximum atomic E-state index is 9.50. The average Bonchev–Trinajstić information content (AvgIpc) is 3.14. The molecule has 3 aromatic rings. The van der Waals surface area contributed by atoms with E-state index in [9.17, 15) is 5.26 Å². The number of fused-ring (bicyclic) bond motifs is 3. The van der Waals surface area contributed by atoms with Crippen LogP contribution in [-0.4, -0.2) is 14.8 Å². The highest BCUT2D eigenvalue weighted by atomic mass is 16.5. The number of rotatable bonds is 1. The number of nitrogens with two attached hydrogens (primary N) is 1.